The molecule has 1 aromatic rings. The summed E-state index contributed by atoms with van der Waals surface area (Å²) in [7, 11) is -1.95. The summed E-state index contributed by atoms with van der Waals surface area (Å²) in [5.74, 6) is -0.648. The van der Waals surface area contributed by atoms with Crippen LogP contribution in [0.15, 0.2) is 18.2 Å². The molecule has 0 bridgehead atoms. The number of halogens is 1. The zero-order valence-electron chi connectivity index (χ0n) is 6.07. The molecule has 0 saturated carbocycles. The summed E-state index contributed by atoms with van der Waals surface area (Å²) in [6, 6.07) is 3.57. The molecule has 0 atom stereocenters. The first kappa shape index (κ1) is 8.83. The highest BCUT2D eigenvalue weighted by Crippen LogP contribution is 2.17. The summed E-state index contributed by atoms with van der Waals surface area (Å²) < 4.78 is 17.0. The van der Waals surface area contributed by atoms with Crippen LogP contribution >= 0.6 is 0 Å². The predicted octanol–water partition coefficient (Wildman–Crippen LogP) is -0.244. The van der Waals surface area contributed by atoms with E-state index in [2.05, 4.69) is 4.65 Å². The Hall–Kier alpha value is -1.27. The SMILES string of the molecule is Nc1ccc(OB(O)O)cc1F. The van der Waals surface area contributed by atoms with Gasteiger partial charge in [0.1, 0.15) is 11.6 Å². The molecule has 0 heterocycles. The van der Waals surface area contributed by atoms with E-state index in [0.29, 0.717) is 0 Å². The molecule has 4 nitrogen and oxygen atoms in total. The van der Waals surface area contributed by atoms with Gasteiger partial charge in [0.2, 0.25) is 0 Å². The molecule has 0 saturated heterocycles. The lowest BCUT2D eigenvalue weighted by Crippen LogP contribution is -2.20. The average Bonchev–Trinajstić information content (AvgIpc) is 1.96. The minimum atomic E-state index is -1.95. The van der Waals surface area contributed by atoms with Crippen LogP contribution in [0.25, 0.3) is 0 Å². The molecule has 0 unspecified atom stereocenters. The number of hydrogen-bond acceptors (Lipinski definition) is 4. The van der Waals surface area contributed by atoms with Crippen LogP contribution in [0, 0.1) is 5.82 Å². The molecule has 0 aromatic heterocycles. The molecular formula is C6H7BFNO3. The summed E-state index contributed by atoms with van der Waals surface area (Å²) in [5, 5.41) is 16.7. The van der Waals surface area contributed by atoms with Gasteiger partial charge in [0.15, 0.2) is 0 Å². The molecule has 0 spiro atoms. The lowest BCUT2D eigenvalue weighted by Gasteiger charge is -2.04. The van der Waals surface area contributed by atoms with E-state index in [1.807, 2.05) is 0 Å². The van der Waals surface area contributed by atoms with Crippen LogP contribution in [0.1, 0.15) is 0 Å². The Kier molecular flexibility index (Phi) is 2.52. The van der Waals surface area contributed by atoms with Crippen molar-refractivity contribution in [3.8, 4) is 5.75 Å². The Labute approximate surface area is 68.6 Å². The molecule has 12 heavy (non-hydrogen) atoms. The normalized spacial score (nSPS) is 9.58. The first-order valence-electron chi connectivity index (χ1n) is 3.17. The fourth-order valence-corrected chi connectivity index (χ4v) is 0.703. The first-order valence-corrected chi connectivity index (χ1v) is 3.17. The van der Waals surface area contributed by atoms with Crippen molar-refractivity contribution in [1.29, 1.82) is 0 Å². The summed E-state index contributed by atoms with van der Waals surface area (Å²) in [4.78, 5) is 0. The number of hydrogen-bond donors (Lipinski definition) is 3. The predicted molar refractivity (Wildman–Crippen MR) is 41.6 cm³/mol. The second kappa shape index (κ2) is 3.42. The van der Waals surface area contributed by atoms with Gasteiger partial charge in [0.05, 0.1) is 5.69 Å². The Balaban J connectivity index is 2.82. The van der Waals surface area contributed by atoms with Gasteiger partial charge in [-0.15, -0.1) is 0 Å². The summed E-state index contributed by atoms with van der Waals surface area (Å²) in [5.41, 5.74) is 5.15. The van der Waals surface area contributed by atoms with Crippen LogP contribution in [0.2, 0.25) is 0 Å². The van der Waals surface area contributed by atoms with Gasteiger partial charge in [-0.3, -0.25) is 0 Å². The molecule has 0 radical (unpaired) electrons. The standard InChI is InChI=1S/C6H7BFNO3/c8-5-3-4(12-7(10)11)1-2-6(5)9/h1-3,10-11H,9H2. The molecule has 4 N–H and O–H groups in total. The third kappa shape index (κ3) is 2.11. The summed E-state index contributed by atoms with van der Waals surface area (Å²) in [6.45, 7) is 0. The number of rotatable bonds is 2. The van der Waals surface area contributed by atoms with Crippen molar-refractivity contribution in [3.05, 3.63) is 24.0 Å². The van der Waals surface area contributed by atoms with Crippen molar-refractivity contribution in [3.63, 3.8) is 0 Å². The molecule has 1 aromatic carbocycles. The monoisotopic (exact) mass is 171 g/mol. The van der Waals surface area contributed by atoms with Crippen LogP contribution in [0.4, 0.5) is 10.1 Å². The molecule has 1 rings (SSSR count). The Morgan fingerprint density at radius 3 is 2.58 bits per heavy atom. The molecule has 0 amide bonds. The van der Waals surface area contributed by atoms with Crippen LogP contribution in [-0.4, -0.2) is 17.4 Å². The van der Waals surface area contributed by atoms with E-state index >= 15 is 0 Å². The van der Waals surface area contributed by atoms with E-state index in [1.165, 1.54) is 12.1 Å². The molecule has 6 heteroatoms. The van der Waals surface area contributed by atoms with Crippen molar-refractivity contribution >= 4 is 13.0 Å². The van der Waals surface area contributed by atoms with Gasteiger partial charge in [-0.25, -0.2) is 4.39 Å². The fourth-order valence-electron chi connectivity index (χ4n) is 0.703. The van der Waals surface area contributed by atoms with Gasteiger partial charge in [0.25, 0.3) is 0 Å². The van der Waals surface area contributed by atoms with E-state index < -0.39 is 13.1 Å². The third-order valence-corrected chi connectivity index (χ3v) is 1.21. The van der Waals surface area contributed by atoms with Gasteiger partial charge in [0, 0.05) is 6.07 Å². The van der Waals surface area contributed by atoms with E-state index in [-0.39, 0.29) is 11.4 Å². The maximum absolute atomic E-state index is 12.7. The highest BCUT2D eigenvalue weighted by molar-refractivity contribution is 6.33. The largest absolute Gasteiger partial charge is 0.707 e. The van der Waals surface area contributed by atoms with E-state index in [9.17, 15) is 4.39 Å². The van der Waals surface area contributed by atoms with Crippen LogP contribution < -0.4 is 10.4 Å². The quantitative estimate of drug-likeness (QED) is 0.423. The fraction of sp³-hybridized carbons (Fsp3) is 0. The molecule has 0 aliphatic heterocycles. The highest BCUT2D eigenvalue weighted by Gasteiger charge is 2.11. The lowest BCUT2D eigenvalue weighted by molar-refractivity contribution is 0.287. The zero-order chi connectivity index (χ0) is 9.14. The van der Waals surface area contributed by atoms with Crippen molar-refractivity contribution in [1.82, 2.24) is 0 Å². The zero-order valence-corrected chi connectivity index (χ0v) is 6.07. The number of benzene rings is 1. The van der Waals surface area contributed by atoms with Crippen LogP contribution in [-0.2, 0) is 0 Å². The van der Waals surface area contributed by atoms with Crippen molar-refractivity contribution in [2.24, 2.45) is 0 Å². The van der Waals surface area contributed by atoms with Crippen LogP contribution in [0.5, 0.6) is 5.75 Å². The van der Waals surface area contributed by atoms with Gasteiger partial charge in [-0.2, -0.15) is 0 Å². The average molecular weight is 171 g/mol. The molecular weight excluding hydrogens is 164 g/mol. The smallest absolute Gasteiger partial charge is 0.512 e. The number of anilines is 1. The molecule has 0 aliphatic rings. The van der Waals surface area contributed by atoms with E-state index in [4.69, 9.17) is 15.8 Å². The van der Waals surface area contributed by atoms with E-state index in [1.54, 1.807) is 0 Å². The first-order chi connectivity index (χ1) is 5.59. The topological polar surface area (TPSA) is 75.7 Å². The third-order valence-electron chi connectivity index (χ3n) is 1.21. The van der Waals surface area contributed by atoms with E-state index in [0.717, 1.165) is 6.07 Å². The second-order valence-corrected chi connectivity index (χ2v) is 2.13. The molecule has 0 aliphatic carbocycles. The minimum Gasteiger partial charge on any atom is -0.512 e. The lowest BCUT2D eigenvalue weighted by atomic mass is 10.2. The highest BCUT2D eigenvalue weighted by atomic mass is 19.1. The molecule has 64 valence electrons. The molecule has 0 fully saturated rings. The van der Waals surface area contributed by atoms with Gasteiger partial charge in [-0.1, -0.05) is 0 Å². The Morgan fingerprint density at radius 2 is 2.08 bits per heavy atom. The summed E-state index contributed by atoms with van der Waals surface area (Å²) in [6.07, 6.45) is 0. The number of nitrogen functional groups attached to an aromatic ring is 1. The van der Waals surface area contributed by atoms with Crippen LogP contribution in [0.3, 0.4) is 0 Å². The van der Waals surface area contributed by atoms with Gasteiger partial charge < -0.3 is 20.4 Å². The van der Waals surface area contributed by atoms with Crippen molar-refractivity contribution in [2.45, 2.75) is 0 Å². The Bertz CT molecular complexity index is 281. The minimum absolute atomic E-state index is 0.0108. The second-order valence-electron chi connectivity index (χ2n) is 2.13. The maximum atomic E-state index is 12.7. The summed E-state index contributed by atoms with van der Waals surface area (Å²) >= 11 is 0. The van der Waals surface area contributed by atoms with Gasteiger partial charge in [-0.05, 0) is 12.1 Å². The number of nitrogens with two attached hydrogens (primary N) is 1. The Morgan fingerprint density at radius 1 is 1.42 bits per heavy atom. The van der Waals surface area contributed by atoms with Crippen molar-refractivity contribution in [2.75, 3.05) is 5.73 Å². The maximum Gasteiger partial charge on any atom is 0.707 e. The van der Waals surface area contributed by atoms with Crippen molar-refractivity contribution < 1.29 is 19.1 Å². The van der Waals surface area contributed by atoms with Gasteiger partial charge >= 0.3 is 7.32 Å².